The average molecular weight is 350 g/mol. The minimum atomic E-state index is -0.268. The van der Waals surface area contributed by atoms with E-state index in [-0.39, 0.29) is 5.82 Å². The fourth-order valence-corrected chi connectivity index (χ4v) is 2.84. The van der Waals surface area contributed by atoms with Crippen LogP contribution in [0.1, 0.15) is 0 Å². The Labute approximate surface area is 149 Å². The van der Waals surface area contributed by atoms with Gasteiger partial charge in [0.1, 0.15) is 17.3 Å². The fourth-order valence-electron chi connectivity index (χ4n) is 2.71. The van der Waals surface area contributed by atoms with Crippen LogP contribution in [0.25, 0.3) is 33.8 Å². The summed E-state index contributed by atoms with van der Waals surface area (Å²) in [6, 6.07) is 19.6. The van der Waals surface area contributed by atoms with Crippen LogP contribution in [0.4, 0.5) is 4.39 Å². The largest absolute Gasteiger partial charge is 0.455 e. The lowest BCUT2D eigenvalue weighted by Crippen LogP contribution is -1.81. The van der Waals surface area contributed by atoms with Crippen molar-refractivity contribution in [2.75, 3.05) is 0 Å². The van der Waals surface area contributed by atoms with Crippen LogP contribution in [0.5, 0.6) is 0 Å². The Morgan fingerprint density at radius 3 is 2.08 bits per heavy atom. The first-order chi connectivity index (χ1) is 12.2. The lowest BCUT2D eigenvalue weighted by molar-refractivity contribution is 0.598. The molecular formula is C21H13ClFNO. The van der Waals surface area contributed by atoms with E-state index in [0.29, 0.717) is 5.02 Å². The van der Waals surface area contributed by atoms with E-state index in [2.05, 4.69) is 4.98 Å². The Bertz CT molecular complexity index is 993. The monoisotopic (exact) mass is 349 g/mol. The van der Waals surface area contributed by atoms with E-state index in [1.165, 1.54) is 12.1 Å². The van der Waals surface area contributed by atoms with Crippen LogP contribution >= 0.6 is 11.6 Å². The molecule has 2 heterocycles. The molecule has 25 heavy (non-hydrogen) atoms. The Balaban J connectivity index is 1.89. The van der Waals surface area contributed by atoms with Gasteiger partial charge in [0.25, 0.3) is 0 Å². The van der Waals surface area contributed by atoms with Crippen LogP contribution in [-0.2, 0) is 0 Å². The van der Waals surface area contributed by atoms with E-state index in [9.17, 15) is 4.39 Å². The zero-order valence-corrected chi connectivity index (χ0v) is 13.9. The second-order valence-corrected chi connectivity index (χ2v) is 6.04. The summed E-state index contributed by atoms with van der Waals surface area (Å²) < 4.78 is 19.4. The molecule has 0 unspecified atom stereocenters. The van der Waals surface area contributed by atoms with Gasteiger partial charge in [-0.25, -0.2) is 4.39 Å². The van der Waals surface area contributed by atoms with Crippen molar-refractivity contribution in [1.82, 2.24) is 4.98 Å². The molecule has 0 amide bonds. The fraction of sp³-hybridized carbons (Fsp3) is 0. The number of benzene rings is 2. The number of halogens is 2. The van der Waals surface area contributed by atoms with Crippen LogP contribution < -0.4 is 0 Å². The van der Waals surface area contributed by atoms with Crippen molar-refractivity contribution in [3.8, 4) is 33.8 Å². The predicted molar refractivity (Wildman–Crippen MR) is 97.8 cm³/mol. The van der Waals surface area contributed by atoms with E-state index in [4.69, 9.17) is 16.0 Å². The second kappa shape index (κ2) is 6.54. The summed E-state index contributed by atoms with van der Waals surface area (Å²) in [5.41, 5.74) is 3.62. The Morgan fingerprint density at radius 1 is 0.760 bits per heavy atom. The predicted octanol–water partition coefficient (Wildman–Crippen LogP) is 6.47. The molecule has 4 rings (SSSR count). The SMILES string of the molecule is Fc1ccc(-c2cc(-c3ccc(Cl)cc3)oc2-c2ccncc2)cc1. The first kappa shape index (κ1) is 15.6. The molecule has 0 aliphatic rings. The Morgan fingerprint density at radius 2 is 1.40 bits per heavy atom. The molecule has 0 fully saturated rings. The third-order valence-electron chi connectivity index (χ3n) is 3.96. The van der Waals surface area contributed by atoms with Crippen molar-refractivity contribution in [2.45, 2.75) is 0 Å². The van der Waals surface area contributed by atoms with Crippen LogP contribution in [0, 0.1) is 5.82 Å². The Kier molecular flexibility index (Phi) is 4.08. The van der Waals surface area contributed by atoms with Gasteiger partial charge in [0, 0.05) is 34.1 Å². The van der Waals surface area contributed by atoms with Crippen LogP contribution in [0.2, 0.25) is 5.02 Å². The maximum atomic E-state index is 13.3. The van der Waals surface area contributed by atoms with Gasteiger partial charge in [0.05, 0.1) is 0 Å². The number of pyridine rings is 1. The van der Waals surface area contributed by atoms with Crippen LogP contribution in [-0.4, -0.2) is 4.98 Å². The smallest absolute Gasteiger partial charge is 0.142 e. The van der Waals surface area contributed by atoms with Gasteiger partial charge in [0.15, 0.2) is 0 Å². The molecule has 0 radical (unpaired) electrons. The summed E-state index contributed by atoms with van der Waals surface area (Å²) in [7, 11) is 0. The highest BCUT2D eigenvalue weighted by Gasteiger charge is 2.16. The molecule has 2 aromatic carbocycles. The summed E-state index contributed by atoms with van der Waals surface area (Å²) in [5, 5.41) is 0.670. The number of hydrogen-bond acceptors (Lipinski definition) is 2. The van der Waals surface area contributed by atoms with Crippen LogP contribution in [0.3, 0.4) is 0 Å². The molecule has 0 N–H and O–H groups in total. The van der Waals surface area contributed by atoms with Crippen LogP contribution in [0.15, 0.2) is 83.5 Å². The minimum absolute atomic E-state index is 0.268. The van der Waals surface area contributed by atoms with Gasteiger partial charge in [-0.05, 0) is 60.2 Å². The molecule has 2 nitrogen and oxygen atoms in total. The van der Waals surface area contributed by atoms with E-state index in [1.54, 1.807) is 24.5 Å². The molecule has 122 valence electrons. The summed E-state index contributed by atoms with van der Waals surface area (Å²) in [4.78, 5) is 4.05. The van der Waals surface area contributed by atoms with E-state index < -0.39 is 0 Å². The van der Waals surface area contributed by atoms with Gasteiger partial charge < -0.3 is 4.42 Å². The standard InChI is InChI=1S/C21H13ClFNO/c22-17-5-1-15(2-6-17)20-13-19(14-3-7-18(23)8-4-14)21(25-20)16-9-11-24-12-10-16/h1-13H. The third kappa shape index (κ3) is 3.19. The molecule has 4 heteroatoms. The van der Waals surface area contributed by atoms with Crippen molar-refractivity contribution in [1.29, 1.82) is 0 Å². The molecule has 4 aromatic rings. The summed E-state index contributed by atoms with van der Waals surface area (Å²) in [6.45, 7) is 0. The lowest BCUT2D eigenvalue weighted by atomic mass is 10.0. The number of aromatic nitrogens is 1. The van der Waals surface area contributed by atoms with E-state index in [0.717, 1.165) is 33.8 Å². The summed E-state index contributed by atoms with van der Waals surface area (Å²) in [6.07, 6.45) is 3.43. The average Bonchev–Trinajstić information content (AvgIpc) is 3.09. The number of furan rings is 1. The van der Waals surface area contributed by atoms with Gasteiger partial charge in [-0.2, -0.15) is 0 Å². The third-order valence-corrected chi connectivity index (χ3v) is 4.21. The second-order valence-electron chi connectivity index (χ2n) is 5.60. The number of rotatable bonds is 3. The van der Waals surface area contributed by atoms with Gasteiger partial charge in [-0.15, -0.1) is 0 Å². The van der Waals surface area contributed by atoms with Gasteiger partial charge in [-0.3, -0.25) is 4.98 Å². The van der Waals surface area contributed by atoms with Gasteiger partial charge >= 0.3 is 0 Å². The molecule has 0 spiro atoms. The highest BCUT2D eigenvalue weighted by Crippen LogP contribution is 2.38. The molecule has 0 saturated carbocycles. The maximum absolute atomic E-state index is 13.3. The highest BCUT2D eigenvalue weighted by molar-refractivity contribution is 6.30. The molecule has 0 bridgehead atoms. The summed E-state index contributed by atoms with van der Waals surface area (Å²) >= 11 is 5.97. The zero-order chi connectivity index (χ0) is 17.2. The van der Waals surface area contributed by atoms with Gasteiger partial charge in [-0.1, -0.05) is 23.7 Å². The lowest BCUT2D eigenvalue weighted by Gasteiger charge is -2.02. The van der Waals surface area contributed by atoms with Gasteiger partial charge in [0.2, 0.25) is 0 Å². The van der Waals surface area contributed by atoms with E-state index in [1.807, 2.05) is 42.5 Å². The molecule has 0 aliphatic carbocycles. The first-order valence-corrected chi connectivity index (χ1v) is 8.14. The topological polar surface area (TPSA) is 26.0 Å². The highest BCUT2D eigenvalue weighted by atomic mass is 35.5. The molecular weight excluding hydrogens is 337 g/mol. The number of nitrogens with zero attached hydrogens (tertiary/aromatic N) is 1. The van der Waals surface area contributed by atoms with Crippen molar-refractivity contribution >= 4 is 11.6 Å². The normalized spacial score (nSPS) is 10.8. The van der Waals surface area contributed by atoms with Crippen molar-refractivity contribution < 1.29 is 8.81 Å². The maximum Gasteiger partial charge on any atom is 0.142 e. The summed E-state index contributed by atoms with van der Waals surface area (Å²) in [5.74, 6) is 1.18. The van der Waals surface area contributed by atoms with E-state index >= 15 is 0 Å². The molecule has 2 aromatic heterocycles. The first-order valence-electron chi connectivity index (χ1n) is 7.77. The minimum Gasteiger partial charge on any atom is -0.455 e. The molecule has 0 atom stereocenters. The quantitative estimate of drug-likeness (QED) is 0.423. The molecule has 0 aliphatic heterocycles. The van der Waals surface area contributed by atoms with Crippen molar-refractivity contribution in [3.05, 3.63) is 90.0 Å². The molecule has 0 saturated heterocycles. The zero-order valence-electron chi connectivity index (χ0n) is 13.1. The Hall–Kier alpha value is -2.91. The van der Waals surface area contributed by atoms with Crippen molar-refractivity contribution in [2.24, 2.45) is 0 Å². The number of hydrogen-bond donors (Lipinski definition) is 0. The van der Waals surface area contributed by atoms with Crippen molar-refractivity contribution in [3.63, 3.8) is 0 Å².